The number of aryl methyl sites for hydroxylation is 2. The van der Waals surface area contributed by atoms with Crippen molar-refractivity contribution in [3.8, 4) is 0 Å². The summed E-state index contributed by atoms with van der Waals surface area (Å²) in [5.41, 5.74) is 0.191. The highest BCUT2D eigenvalue weighted by atomic mass is 19.4. The molecule has 0 saturated heterocycles. The van der Waals surface area contributed by atoms with E-state index < -0.39 is 35.4 Å². The predicted molar refractivity (Wildman–Crippen MR) is 144 cm³/mol. The Morgan fingerprint density at radius 1 is 1.18 bits per heavy atom. The first-order chi connectivity index (χ1) is 19.0. The van der Waals surface area contributed by atoms with Crippen molar-refractivity contribution in [2.45, 2.75) is 70.7 Å². The Bertz CT molecular complexity index is 1130. The van der Waals surface area contributed by atoms with Crippen LogP contribution in [0, 0.1) is 0 Å². The van der Waals surface area contributed by atoms with Crippen molar-refractivity contribution in [1.29, 1.82) is 0 Å². The van der Waals surface area contributed by atoms with Gasteiger partial charge in [-0.25, -0.2) is 9.78 Å². The van der Waals surface area contributed by atoms with Crippen LogP contribution in [0.5, 0.6) is 0 Å². The molecule has 220 valence electrons. The van der Waals surface area contributed by atoms with Crippen molar-refractivity contribution < 1.29 is 32.6 Å². The van der Waals surface area contributed by atoms with Crippen molar-refractivity contribution in [2.75, 3.05) is 38.1 Å². The third-order valence-electron chi connectivity index (χ3n) is 6.63. The number of alkyl halides is 3. The van der Waals surface area contributed by atoms with Gasteiger partial charge in [-0.3, -0.25) is 9.78 Å². The number of aromatic nitrogens is 2. The monoisotopic (exact) mass is 565 g/mol. The van der Waals surface area contributed by atoms with Gasteiger partial charge in [0.05, 0.1) is 18.3 Å². The van der Waals surface area contributed by atoms with E-state index in [9.17, 15) is 27.9 Å². The van der Waals surface area contributed by atoms with Crippen LogP contribution in [0.4, 0.5) is 19.0 Å². The minimum atomic E-state index is -4.79. The quantitative estimate of drug-likeness (QED) is 0.276. The molecule has 40 heavy (non-hydrogen) atoms. The fourth-order valence-corrected chi connectivity index (χ4v) is 4.51. The number of carboxylic acid groups (broad SMARTS) is 1. The summed E-state index contributed by atoms with van der Waals surface area (Å²) < 4.78 is 45.6. The summed E-state index contributed by atoms with van der Waals surface area (Å²) >= 11 is 0. The maximum absolute atomic E-state index is 13.3. The van der Waals surface area contributed by atoms with Crippen LogP contribution < -0.4 is 10.6 Å². The van der Waals surface area contributed by atoms with E-state index in [1.807, 2.05) is 18.7 Å². The fourth-order valence-electron chi connectivity index (χ4n) is 4.51. The second-order valence-corrected chi connectivity index (χ2v) is 10.1. The molecule has 12 heteroatoms. The zero-order valence-electron chi connectivity index (χ0n) is 23.0. The summed E-state index contributed by atoms with van der Waals surface area (Å²) in [5.74, 6) is -1.55. The van der Waals surface area contributed by atoms with Gasteiger partial charge in [0.15, 0.2) is 0 Å². The molecule has 0 aliphatic carbocycles. The van der Waals surface area contributed by atoms with Crippen LogP contribution in [-0.2, 0) is 28.5 Å². The number of ether oxygens (including phenoxy) is 1. The highest BCUT2D eigenvalue weighted by Crippen LogP contribution is 2.31. The minimum absolute atomic E-state index is 0.00891. The van der Waals surface area contributed by atoms with Crippen LogP contribution in [0.3, 0.4) is 0 Å². The van der Waals surface area contributed by atoms with Crippen LogP contribution in [0.15, 0.2) is 30.5 Å². The average molecular weight is 566 g/mol. The number of carbonyl (C=O) groups excluding carboxylic acids is 1. The number of nitrogens with zero attached hydrogens (tertiary/aromatic N) is 3. The van der Waals surface area contributed by atoms with Gasteiger partial charge in [0, 0.05) is 31.5 Å². The number of rotatable bonds is 15. The lowest BCUT2D eigenvalue weighted by Gasteiger charge is -2.25. The molecule has 0 radical (unpaired) electrons. The number of anilines is 1. The first kappa shape index (κ1) is 31.3. The minimum Gasteiger partial charge on any atom is -0.480 e. The molecular weight excluding hydrogens is 527 g/mol. The normalized spacial score (nSPS) is 14.1. The van der Waals surface area contributed by atoms with E-state index in [1.54, 1.807) is 0 Å². The second kappa shape index (κ2) is 14.9. The molecule has 3 heterocycles. The van der Waals surface area contributed by atoms with E-state index in [4.69, 9.17) is 9.72 Å². The number of nitrogens with one attached hydrogen (secondary N) is 2. The molecule has 1 aliphatic rings. The van der Waals surface area contributed by atoms with Gasteiger partial charge in [0.1, 0.15) is 17.6 Å². The van der Waals surface area contributed by atoms with Crippen molar-refractivity contribution in [1.82, 2.24) is 20.2 Å². The molecule has 0 saturated carbocycles. The number of hydrogen-bond acceptors (Lipinski definition) is 7. The Labute approximate surface area is 232 Å². The molecule has 3 rings (SSSR count). The van der Waals surface area contributed by atoms with Crippen LogP contribution in [0.1, 0.15) is 66.8 Å². The molecule has 0 aromatic carbocycles. The first-order valence-electron chi connectivity index (χ1n) is 13.7. The molecule has 1 aliphatic heterocycles. The predicted octanol–water partition coefficient (Wildman–Crippen LogP) is 4.18. The summed E-state index contributed by atoms with van der Waals surface area (Å²) in [5, 5.41) is 15.2. The van der Waals surface area contributed by atoms with Gasteiger partial charge < -0.3 is 25.4 Å². The van der Waals surface area contributed by atoms with Gasteiger partial charge in [-0.15, -0.1) is 0 Å². The summed E-state index contributed by atoms with van der Waals surface area (Å²) in [6.45, 7) is 6.76. The smallest absolute Gasteiger partial charge is 0.418 e. The van der Waals surface area contributed by atoms with Crippen molar-refractivity contribution in [3.05, 3.63) is 53.0 Å². The number of amides is 1. The summed E-state index contributed by atoms with van der Waals surface area (Å²) in [7, 11) is 0. The van der Waals surface area contributed by atoms with E-state index in [1.165, 1.54) is 5.56 Å². The number of halogens is 3. The number of carbonyl (C=O) groups is 2. The third-order valence-corrected chi connectivity index (χ3v) is 6.63. The average Bonchev–Trinajstić information content (AvgIpc) is 2.91. The summed E-state index contributed by atoms with van der Waals surface area (Å²) in [6.07, 6.45) is 0.982. The van der Waals surface area contributed by atoms with E-state index in [2.05, 4.69) is 27.8 Å². The second-order valence-electron chi connectivity index (χ2n) is 10.1. The zero-order chi connectivity index (χ0) is 29.1. The lowest BCUT2D eigenvalue weighted by atomic mass is 10.1. The van der Waals surface area contributed by atoms with E-state index in [-0.39, 0.29) is 12.5 Å². The maximum atomic E-state index is 13.3. The van der Waals surface area contributed by atoms with Gasteiger partial charge in [0.2, 0.25) is 0 Å². The molecule has 2 aromatic heterocycles. The molecule has 1 unspecified atom stereocenters. The number of unbranched alkanes of at least 4 members (excludes halogenated alkanes) is 1. The largest absolute Gasteiger partial charge is 0.480 e. The maximum Gasteiger partial charge on any atom is 0.418 e. The number of carboxylic acids is 1. The highest BCUT2D eigenvalue weighted by Gasteiger charge is 2.36. The van der Waals surface area contributed by atoms with Gasteiger partial charge in [0.25, 0.3) is 5.91 Å². The van der Waals surface area contributed by atoms with E-state index >= 15 is 0 Å². The zero-order valence-corrected chi connectivity index (χ0v) is 23.0. The third kappa shape index (κ3) is 9.74. The van der Waals surface area contributed by atoms with Gasteiger partial charge >= 0.3 is 12.1 Å². The number of pyridine rings is 2. The summed E-state index contributed by atoms with van der Waals surface area (Å²) in [4.78, 5) is 34.8. The molecule has 3 N–H and O–H groups in total. The van der Waals surface area contributed by atoms with Crippen LogP contribution >= 0.6 is 0 Å². The first-order valence-corrected chi connectivity index (χ1v) is 13.7. The van der Waals surface area contributed by atoms with Crippen molar-refractivity contribution in [3.63, 3.8) is 0 Å². The molecule has 1 amide bonds. The lowest BCUT2D eigenvalue weighted by molar-refractivity contribution is -0.139. The summed E-state index contributed by atoms with van der Waals surface area (Å²) in [6, 6.07) is 4.62. The van der Waals surface area contributed by atoms with E-state index in [0.29, 0.717) is 26.2 Å². The standard InChI is InChI=1S/C28H38F3N5O4/c1-19(2)40-18-17-36(15-4-3-8-21-11-10-20-7-5-14-33-25(20)34-21)16-12-23(27(38)39)35-26(37)24-22(28(29,30)31)9-6-13-32-24/h6,9-11,13,19,23H,3-5,7-8,12,14-18H2,1-2H3,(H,33,34)(H,35,37)(H,38,39). The Balaban J connectivity index is 1.56. The Kier molecular flexibility index (Phi) is 11.7. The van der Waals surface area contributed by atoms with Crippen LogP contribution in [-0.4, -0.2) is 76.8 Å². The number of hydrogen-bond donors (Lipinski definition) is 3. The molecule has 0 spiro atoms. The molecule has 0 bridgehead atoms. The van der Waals surface area contributed by atoms with Crippen LogP contribution in [0.25, 0.3) is 0 Å². The topological polar surface area (TPSA) is 117 Å². The Morgan fingerprint density at radius 3 is 2.70 bits per heavy atom. The number of aliphatic carboxylic acids is 1. The van der Waals surface area contributed by atoms with Gasteiger partial charge in [-0.2, -0.15) is 13.2 Å². The molecule has 1 atom stereocenters. The molecule has 2 aromatic rings. The Hall–Kier alpha value is -3.25. The molecule has 0 fully saturated rings. The lowest BCUT2D eigenvalue weighted by Crippen LogP contribution is -2.44. The van der Waals surface area contributed by atoms with E-state index in [0.717, 1.165) is 68.5 Å². The number of fused-ring (bicyclic) bond motifs is 1. The highest BCUT2D eigenvalue weighted by molar-refractivity contribution is 5.96. The van der Waals surface area contributed by atoms with Crippen molar-refractivity contribution >= 4 is 17.7 Å². The Morgan fingerprint density at radius 2 is 1.98 bits per heavy atom. The SMILES string of the molecule is CC(C)OCCN(CCCCc1ccc2c(n1)NCCC2)CCC(NC(=O)c1ncccc1C(F)(F)F)C(=O)O. The van der Waals surface area contributed by atoms with Crippen molar-refractivity contribution in [2.24, 2.45) is 0 Å². The molecule has 9 nitrogen and oxygen atoms in total. The van der Waals surface area contributed by atoms with Crippen LogP contribution in [0.2, 0.25) is 0 Å². The fraction of sp³-hybridized carbons (Fsp3) is 0.571. The van der Waals surface area contributed by atoms with Gasteiger partial charge in [-0.1, -0.05) is 6.07 Å². The van der Waals surface area contributed by atoms with Gasteiger partial charge in [-0.05, 0) is 82.7 Å². The molecular formula is C28H38F3N5O4.